The van der Waals surface area contributed by atoms with Crippen LogP contribution >= 0.6 is 11.6 Å². The Morgan fingerprint density at radius 1 is 1.45 bits per heavy atom. The summed E-state index contributed by atoms with van der Waals surface area (Å²) in [4.78, 5) is 15.5. The molecule has 6 heteroatoms. The molecule has 0 amide bonds. The van der Waals surface area contributed by atoms with Crippen LogP contribution in [0.1, 0.15) is 35.9 Å². The van der Waals surface area contributed by atoms with E-state index in [9.17, 15) is 4.79 Å². The molecule has 0 radical (unpaired) electrons. The van der Waals surface area contributed by atoms with Gasteiger partial charge < -0.3 is 14.5 Å². The summed E-state index contributed by atoms with van der Waals surface area (Å²) in [5.41, 5.74) is 1.18. The van der Waals surface area contributed by atoms with Crippen molar-refractivity contribution in [1.29, 1.82) is 0 Å². The van der Waals surface area contributed by atoms with Crippen LogP contribution in [0.3, 0.4) is 0 Å². The Kier molecular flexibility index (Phi) is 4.63. The summed E-state index contributed by atoms with van der Waals surface area (Å²) in [5, 5.41) is 3.75. The molecule has 2 rings (SSSR count). The minimum absolute atomic E-state index is 0.0269. The maximum absolute atomic E-state index is 11.5. The number of carbonyl (C=O) groups is 1. The number of esters is 1. The first kappa shape index (κ1) is 14.4. The summed E-state index contributed by atoms with van der Waals surface area (Å²) in [6.07, 6.45) is 1.27. The monoisotopic (exact) mass is 294 g/mol. The third kappa shape index (κ3) is 3.51. The topological polar surface area (TPSA) is 64.4 Å². The van der Waals surface area contributed by atoms with Gasteiger partial charge in [-0.2, -0.15) is 4.98 Å². The molecule has 0 fully saturated rings. The summed E-state index contributed by atoms with van der Waals surface area (Å²) in [5.74, 6) is -0.497. The number of nitrogens with one attached hydrogen (secondary N) is 1. The number of oxazole rings is 1. The van der Waals surface area contributed by atoms with Gasteiger partial charge in [-0.25, -0.2) is 4.79 Å². The van der Waals surface area contributed by atoms with E-state index in [0.29, 0.717) is 11.6 Å². The second-order valence-electron chi connectivity index (χ2n) is 4.18. The fourth-order valence-corrected chi connectivity index (χ4v) is 1.78. The zero-order valence-corrected chi connectivity index (χ0v) is 12.0. The lowest BCUT2D eigenvalue weighted by molar-refractivity contribution is 0.0519. The van der Waals surface area contributed by atoms with E-state index in [1.165, 1.54) is 6.26 Å². The van der Waals surface area contributed by atoms with Crippen molar-refractivity contribution in [2.75, 3.05) is 11.9 Å². The van der Waals surface area contributed by atoms with Gasteiger partial charge in [0.15, 0.2) is 5.69 Å². The van der Waals surface area contributed by atoms with Crippen LogP contribution in [0.25, 0.3) is 0 Å². The van der Waals surface area contributed by atoms with Crippen molar-refractivity contribution in [3.8, 4) is 0 Å². The smallest absolute Gasteiger partial charge is 0.360 e. The Hall–Kier alpha value is -2.01. The Balaban J connectivity index is 2.03. The van der Waals surface area contributed by atoms with E-state index in [-0.39, 0.29) is 17.8 Å². The van der Waals surface area contributed by atoms with Crippen LogP contribution in [0.2, 0.25) is 5.02 Å². The van der Waals surface area contributed by atoms with Gasteiger partial charge in [0.05, 0.1) is 12.6 Å². The molecule has 0 spiro atoms. The van der Waals surface area contributed by atoms with Gasteiger partial charge in [-0.05, 0) is 31.5 Å². The lowest BCUT2D eigenvalue weighted by Crippen LogP contribution is -2.08. The number of halogens is 1. The zero-order valence-electron chi connectivity index (χ0n) is 11.2. The maximum Gasteiger partial charge on any atom is 0.360 e. The third-order valence-corrected chi connectivity index (χ3v) is 2.95. The number of nitrogens with zero attached hydrogens (tertiary/aromatic N) is 1. The van der Waals surface area contributed by atoms with Crippen LogP contribution < -0.4 is 5.32 Å². The summed E-state index contributed by atoms with van der Waals surface area (Å²) < 4.78 is 10.0. The molecule has 0 saturated heterocycles. The molecular weight excluding hydrogens is 280 g/mol. The molecule has 0 aliphatic carbocycles. The largest absolute Gasteiger partial charge is 0.461 e. The summed E-state index contributed by atoms with van der Waals surface area (Å²) >= 11 is 5.84. The van der Waals surface area contributed by atoms with Crippen molar-refractivity contribution in [1.82, 2.24) is 4.98 Å². The first-order chi connectivity index (χ1) is 9.60. The first-order valence-electron chi connectivity index (χ1n) is 6.24. The molecule has 1 atom stereocenters. The van der Waals surface area contributed by atoms with E-state index in [0.717, 1.165) is 5.56 Å². The third-order valence-electron chi connectivity index (χ3n) is 2.70. The standard InChI is InChI=1S/C14H15ClN2O3/c1-3-19-13(18)12-8-20-14(17-12)16-9(2)10-4-6-11(15)7-5-10/h4-9H,3H2,1-2H3,(H,16,17). The molecule has 0 aliphatic rings. The lowest BCUT2D eigenvalue weighted by Gasteiger charge is -2.12. The van der Waals surface area contributed by atoms with Crippen LogP contribution in [0.15, 0.2) is 34.9 Å². The van der Waals surface area contributed by atoms with Crippen molar-refractivity contribution in [3.63, 3.8) is 0 Å². The van der Waals surface area contributed by atoms with E-state index in [1.54, 1.807) is 6.92 Å². The van der Waals surface area contributed by atoms with Crippen molar-refractivity contribution >= 4 is 23.6 Å². The number of benzene rings is 1. The number of hydrogen-bond donors (Lipinski definition) is 1. The average Bonchev–Trinajstić information content (AvgIpc) is 2.88. The molecule has 0 bridgehead atoms. The second-order valence-corrected chi connectivity index (χ2v) is 4.61. The van der Waals surface area contributed by atoms with Crippen LogP contribution in [0.5, 0.6) is 0 Å². The Bertz CT molecular complexity index is 580. The normalized spacial score (nSPS) is 11.9. The molecule has 106 valence electrons. The molecule has 20 heavy (non-hydrogen) atoms. The Morgan fingerprint density at radius 3 is 2.80 bits per heavy atom. The molecule has 2 aromatic rings. The van der Waals surface area contributed by atoms with Gasteiger partial charge in [0.1, 0.15) is 6.26 Å². The van der Waals surface area contributed by atoms with Crippen LogP contribution in [-0.2, 0) is 4.74 Å². The molecule has 0 aliphatic heterocycles. The molecule has 1 N–H and O–H groups in total. The van der Waals surface area contributed by atoms with Gasteiger partial charge in [-0.3, -0.25) is 0 Å². The van der Waals surface area contributed by atoms with E-state index in [1.807, 2.05) is 31.2 Å². The SMILES string of the molecule is CCOC(=O)c1coc(NC(C)c2ccc(Cl)cc2)n1. The number of aromatic nitrogens is 1. The van der Waals surface area contributed by atoms with Gasteiger partial charge in [0, 0.05) is 5.02 Å². The molecule has 1 heterocycles. The van der Waals surface area contributed by atoms with Gasteiger partial charge in [0.2, 0.25) is 0 Å². The Labute approximate surface area is 121 Å². The molecule has 1 aromatic carbocycles. The van der Waals surface area contributed by atoms with Gasteiger partial charge in [-0.15, -0.1) is 0 Å². The highest BCUT2D eigenvalue weighted by Crippen LogP contribution is 2.20. The fourth-order valence-electron chi connectivity index (χ4n) is 1.66. The van der Waals surface area contributed by atoms with Crippen molar-refractivity contribution in [3.05, 3.63) is 46.8 Å². The molecule has 1 unspecified atom stereocenters. The minimum atomic E-state index is -0.497. The average molecular weight is 295 g/mol. The second kappa shape index (κ2) is 6.43. The van der Waals surface area contributed by atoms with Gasteiger partial charge in [-0.1, -0.05) is 23.7 Å². The molecular formula is C14H15ClN2O3. The van der Waals surface area contributed by atoms with E-state index in [2.05, 4.69) is 10.3 Å². The van der Waals surface area contributed by atoms with Crippen molar-refractivity contribution in [2.45, 2.75) is 19.9 Å². The van der Waals surface area contributed by atoms with Crippen molar-refractivity contribution < 1.29 is 13.9 Å². The number of hydrogen-bond acceptors (Lipinski definition) is 5. The summed E-state index contributed by atoms with van der Waals surface area (Å²) in [6.45, 7) is 3.99. The molecule has 0 saturated carbocycles. The van der Waals surface area contributed by atoms with Crippen molar-refractivity contribution in [2.24, 2.45) is 0 Å². The highest BCUT2D eigenvalue weighted by molar-refractivity contribution is 6.30. The maximum atomic E-state index is 11.5. The quantitative estimate of drug-likeness (QED) is 0.852. The lowest BCUT2D eigenvalue weighted by atomic mass is 10.1. The Morgan fingerprint density at radius 2 is 2.15 bits per heavy atom. The highest BCUT2D eigenvalue weighted by atomic mass is 35.5. The van der Waals surface area contributed by atoms with E-state index in [4.69, 9.17) is 20.8 Å². The number of anilines is 1. The van der Waals surface area contributed by atoms with E-state index >= 15 is 0 Å². The molecule has 5 nitrogen and oxygen atoms in total. The molecule has 1 aromatic heterocycles. The first-order valence-corrected chi connectivity index (χ1v) is 6.62. The van der Waals surface area contributed by atoms with Crippen LogP contribution in [-0.4, -0.2) is 17.6 Å². The zero-order chi connectivity index (χ0) is 14.5. The summed E-state index contributed by atoms with van der Waals surface area (Å²) in [7, 11) is 0. The predicted octanol–water partition coefficient (Wildman–Crippen LogP) is 3.68. The summed E-state index contributed by atoms with van der Waals surface area (Å²) in [6, 6.07) is 7.70. The highest BCUT2D eigenvalue weighted by Gasteiger charge is 2.14. The van der Waals surface area contributed by atoms with Gasteiger partial charge in [0.25, 0.3) is 6.01 Å². The fraction of sp³-hybridized carbons (Fsp3) is 0.286. The van der Waals surface area contributed by atoms with Gasteiger partial charge >= 0.3 is 5.97 Å². The van der Waals surface area contributed by atoms with E-state index < -0.39 is 5.97 Å². The number of ether oxygens (including phenoxy) is 1. The van der Waals surface area contributed by atoms with Crippen LogP contribution in [0.4, 0.5) is 6.01 Å². The number of rotatable bonds is 5. The predicted molar refractivity (Wildman–Crippen MR) is 75.9 cm³/mol. The number of carbonyl (C=O) groups excluding carboxylic acids is 1. The minimum Gasteiger partial charge on any atom is -0.461 e. The van der Waals surface area contributed by atoms with Crippen LogP contribution in [0, 0.1) is 0 Å².